The minimum Gasteiger partial charge on any atom is -0.399 e. The standard InChI is InChI=1S/C37H30O3P2/c1-3-13-28(14-4-1)34-23-24-35(29-15-5-2-6-16-29)41(34)25-38-42-39-32-21-19-26-11-7-9-17-30(26)36(32)37-31-18-10-8-12-27(31)20-22-33(37)40-42/h1-22,34-35H,23-25H2. The van der Waals surface area contributed by atoms with E-state index in [2.05, 4.69) is 133 Å². The van der Waals surface area contributed by atoms with E-state index in [1.54, 1.807) is 0 Å². The van der Waals surface area contributed by atoms with Crippen molar-refractivity contribution in [2.75, 3.05) is 6.35 Å². The Morgan fingerprint density at radius 3 is 1.48 bits per heavy atom. The average molecular weight is 585 g/mol. The molecule has 2 heterocycles. The van der Waals surface area contributed by atoms with Crippen molar-refractivity contribution in [1.29, 1.82) is 0 Å². The second kappa shape index (κ2) is 11.1. The summed E-state index contributed by atoms with van der Waals surface area (Å²) in [5.74, 6) is 0. The molecule has 7 aromatic rings. The molecule has 5 heteroatoms. The van der Waals surface area contributed by atoms with Crippen molar-refractivity contribution in [3.8, 4) is 0 Å². The molecular formula is C37H30O3P2. The predicted molar refractivity (Wildman–Crippen MR) is 177 cm³/mol. The topological polar surface area (TPSA) is 35.5 Å². The molecule has 0 aliphatic carbocycles. The van der Waals surface area contributed by atoms with Crippen LogP contribution in [0.15, 0.2) is 142 Å². The fourth-order valence-electron chi connectivity index (χ4n) is 6.63. The maximum Gasteiger partial charge on any atom is 0.387 e. The van der Waals surface area contributed by atoms with Crippen molar-refractivity contribution in [2.24, 2.45) is 0 Å². The van der Waals surface area contributed by atoms with Crippen LogP contribution in [0.1, 0.15) is 35.3 Å². The molecule has 0 radical (unpaired) electrons. The number of rotatable bonds is 5. The largest absolute Gasteiger partial charge is 0.399 e. The third-order valence-electron chi connectivity index (χ3n) is 8.57. The van der Waals surface area contributed by atoms with E-state index in [1.807, 2.05) is 0 Å². The van der Waals surface area contributed by atoms with Crippen molar-refractivity contribution < 1.29 is 12.9 Å². The van der Waals surface area contributed by atoms with E-state index in [4.69, 9.17) is 12.9 Å². The first-order valence-electron chi connectivity index (χ1n) is 14.5. The van der Waals surface area contributed by atoms with Gasteiger partial charge < -0.3 is 8.39 Å². The summed E-state index contributed by atoms with van der Waals surface area (Å²) in [6.07, 6.45) is 2.97. The van der Waals surface area contributed by atoms with Gasteiger partial charge in [0.05, 0.1) is 6.35 Å². The highest BCUT2D eigenvalue weighted by Gasteiger charge is 2.38. The van der Waals surface area contributed by atoms with Gasteiger partial charge in [-0.3, -0.25) is 4.52 Å². The lowest BCUT2D eigenvalue weighted by atomic mass is 9.99. The maximum atomic E-state index is 6.74. The van der Waals surface area contributed by atoms with E-state index >= 15 is 0 Å². The van der Waals surface area contributed by atoms with Crippen LogP contribution in [-0.2, 0) is 0 Å². The van der Waals surface area contributed by atoms with Gasteiger partial charge in [-0.05, 0) is 57.6 Å². The third-order valence-corrected chi connectivity index (χ3v) is 12.9. The fourth-order valence-corrected chi connectivity index (χ4v) is 11.2. The molecule has 42 heavy (non-hydrogen) atoms. The molecule has 1 saturated heterocycles. The minimum absolute atomic E-state index is 0.487. The van der Waals surface area contributed by atoms with E-state index in [0.29, 0.717) is 17.7 Å². The summed E-state index contributed by atoms with van der Waals surface area (Å²) in [6.45, 7) is 0. The molecule has 206 valence electrons. The summed E-state index contributed by atoms with van der Waals surface area (Å²) >= 11 is 0. The molecule has 8 rings (SSSR count). The molecule has 2 unspecified atom stereocenters. The van der Waals surface area contributed by atoms with Crippen LogP contribution in [0.25, 0.3) is 43.5 Å². The second-order valence-corrected chi connectivity index (χ2v) is 14.5. The summed E-state index contributed by atoms with van der Waals surface area (Å²) in [4.78, 5) is 0. The zero-order valence-electron chi connectivity index (χ0n) is 23.1. The van der Waals surface area contributed by atoms with E-state index < -0.39 is 16.2 Å². The molecule has 6 aromatic carbocycles. The quantitative estimate of drug-likeness (QED) is 0.189. The smallest absolute Gasteiger partial charge is 0.387 e. The SMILES string of the molecule is c1ccc(C2CCC(c3ccccc3)P2COp2oc3ccc4ccccc4c3c3c(ccc4ccccc43)o2)cc1. The summed E-state index contributed by atoms with van der Waals surface area (Å²) in [6, 6.07) is 47.4. The van der Waals surface area contributed by atoms with Gasteiger partial charge in [0, 0.05) is 22.1 Å². The summed E-state index contributed by atoms with van der Waals surface area (Å²) in [5.41, 5.74) is 5.42. The molecule has 2 atom stereocenters. The predicted octanol–water partition coefficient (Wildman–Crippen LogP) is 11.7. The van der Waals surface area contributed by atoms with Gasteiger partial charge in [-0.2, -0.15) is 0 Å². The van der Waals surface area contributed by atoms with Gasteiger partial charge in [-0.1, -0.05) is 129 Å². The van der Waals surface area contributed by atoms with Crippen molar-refractivity contribution in [3.63, 3.8) is 0 Å². The van der Waals surface area contributed by atoms with Crippen LogP contribution in [0.5, 0.6) is 0 Å². The third kappa shape index (κ3) is 4.63. The lowest BCUT2D eigenvalue weighted by Gasteiger charge is -2.25. The Balaban J connectivity index is 1.27. The fraction of sp³-hybridized carbons (Fsp3) is 0.135. The highest BCUT2D eigenvalue weighted by molar-refractivity contribution is 7.59. The Morgan fingerprint density at radius 1 is 0.524 bits per heavy atom. The minimum atomic E-state index is -1.66. The van der Waals surface area contributed by atoms with Crippen LogP contribution < -0.4 is 4.52 Å². The molecule has 3 nitrogen and oxygen atoms in total. The van der Waals surface area contributed by atoms with Crippen molar-refractivity contribution in [1.82, 2.24) is 0 Å². The van der Waals surface area contributed by atoms with Crippen molar-refractivity contribution >= 4 is 59.6 Å². The molecule has 0 saturated carbocycles. The monoisotopic (exact) mass is 584 g/mol. The lowest BCUT2D eigenvalue weighted by Crippen LogP contribution is -2.02. The van der Waals surface area contributed by atoms with Gasteiger partial charge in [-0.25, -0.2) is 0 Å². The Kier molecular flexibility index (Phi) is 6.81. The van der Waals surface area contributed by atoms with Gasteiger partial charge in [0.15, 0.2) is 0 Å². The zero-order valence-corrected chi connectivity index (χ0v) is 24.9. The highest BCUT2D eigenvalue weighted by Crippen LogP contribution is 2.70. The highest BCUT2D eigenvalue weighted by atomic mass is 31.1. The normalized spacial score (nSPS) is 18.7. The van der Waals surface area contributed by atoms with E-state index in [9.17, 15) is 0 Å². The van der Waals surface area contributed by atoms with E-state index in [0.717, 1.165) is 32.7 Å². The van der Waals surface area contributed by atoms with Crippen LogP contribution >= 0.6 is 16.2 Å². The average Bonchev–Trinajstić information content (AvgIpc) is 3.40. The number of hydrogen-bond donors (Lipinski definition) is 0. The maximum absolute atomic E-state index is 6.74. The molecule has 0 N–H and O–H groups in total. The summed E-state index contributed by atoms with van der Waals surface area (Å²) < 4.78 is 20.1. The Bertz CT molecular complexity index is 1930. The van der Waals surface area contributed by atoms with Crippen molar-refractivity contribution in [2.45, 2.75) is 24.2 Å². The lowest BCUT2D eigenvalue weighted by molar-refractivity contribution is 0.433. The molecule has 0 bridgehead atoms. The van der Waals surface area contributed by atoms with Gasteiger partial charge >= 0.3 is 8.24 Å². The molecule has 0 amide bonds. The van der Waals surface area contributed by atoms with Crippen LogP contribution in [0, 0.1) is 0 Å². The number of hydrogen-bond acceptors (Lipinski definition) is 3. The van der Waals surface area contributed by atoms with E-state index in [-0.39, 0.29) is 0 Å². The molecule has 1 aromatic heterocycles. The van der Waals surface area contributed by atoms with Gasteiger partial charge in [-0.15, -0.1) is 0 Å². The number of benzene rings is 6. The van der Waals surface area contributed by atoms with Gasteiger partial charge in [0.2, 0.25) is 0 Å². The Hall–Kier alpha value is -3.87. The second-order valence-electron chi connectivity index (χ2n) is 10.9. The number of fused-ring (bicyclic) bond motifs is 7. The molecule has 1 fully saturated rings. The zero-order chi connectivity index (χ0) is 27.9. The first-order valence-corrected chi connectivity index (χ1v) is 17.3. The van der Waals surface area contributed by atoms with Crippen LogP contribution in [0.2, 0.25) is 0 Å². The van der Waals surface area contributed by atoms with Gasteiger partial charge in [0.25, 0.3) is 0 Å². The van der Waals surface area contributed by atoms with E-state index in [1.165, 1.54) is 34.7 Å². The first-order chi connectivity index (χ1) is 20.8. The van der Waals surface area contributed by atoms with Crippen LogP contribution in [0.4, 0.5) is 0 Å². The molecule has 1 aliphatic heterocycles. The Labute approximate surface area is 247 Å². The van der Waals surface area contributed by atoms with Gasteiger partial charge in [0.1, 0.15) is 11.2 Å². The summed E-state index contributed by atoms with van der Waals surface area (Å²) in [5, 5.41) is 6.81. The summed E-state index contributed by atoms with van der Waals surface area (Å²) in [7, 11) is -2.17. The van der Waals surface area contributed by atoms with Crippen molar-refractivity contribution in [3.05, 3.63) is 145 Å². The Morgan fingerprint density at radius 2 is 0.976 bits per heavy atom. The molecule has 1 aliphatic rings. The molecule has 0 spiro atoms. The first kappa shape index (κ1) is 25.8. The molecular weight excluding hydrogens is 554 g/mol. The van der Waals surface area contributed by atoms with Crippen LogP contribution in [-0.4, -0.2) is 6.35 Å². The van der Waals surface area contributed by atoms with Crippen LogP contribution in [0.3, 0.4) is 0 Å².